The smallest absolute Gasteiger partial charge is 0.337 e. The van der Waals surface area contributed by atoms with Gasteiger partial charge in [0.25, 0.3) is 5.91 Å². The molecule has 0 bridgehead atoms. The monoisotopic (exact) mass is 322 g/mol. The molecule has 6 heteroatoms. The van der Waals surface area contributed by atoms with Gasteiger partial charge in [0.2, 0.25) is 0 Å². The fourth-order valence-corrected chi connectivity index (χ4v) is 2.05. The summed E-state index contributed by atoms with van der Waals surface area (Å²) in [6.07, 6.45) is 1.74. The largest absolute Gasteiger partial charge is 0.478 e. The Morgan fingerprint density at radius 2 is 2.05 bits per heavy atom. The highest BCUT2D eigenvalue weighted by Gasteiger charge is 2.15. The molecule has 0 aliphatic rings. The third-order valence-electron chi connectivity index (χ3n) is 2.64. The summed E-state index contributed by atoms with van der Waals surface area (Å²) in [5.41, 5.74) is 0.762. The average molecular weight is 323 g/mol. The number of carboxylic acids is 1. The number of nitrogens with zero attached hydrogens (tertiary/aromatic N) is 1. The van der Waals surface area contributed by atoms with E-state index in [9.17, 15) is 9.59 Å². The number of carboxylic acid groups (broad SMARTS) is 1. The summed E-state index contributed by atoms with van der Waals surface area (Å²) in [6.45, 7) is 0. The maximum Gasteiger partial charge on any atom is 0.337 e. The van der Waals surface area contributed by atoms with Crippen LogP contribution >= 0.6 is 15.9 Å². The van der Waals surface area contributed by atoms with Crippen LogP contribution in [-0.2, 0) is 7.05 Å². The first-order valence-corrected chi connectivity index (χ1v) is 6.24. The van der Waals surface area contributed by atoms with Gasteiger partial charge in [0.15, 0.2) is 0 Å². The van der Waals surface area contributed by atoms with E-state index in [2.05, 4.69) is 21.2 Å². The van der Waals surface area contributed by atoms with Gasteiger partial charge in [-0.15, -0.1) is 0 Å². The average Bonchev–Trinajstić information content (AvgIpc) is 2.77. The van der Waals surface area contributed by atoms with E-state index >= 15 is 0 Å². The molecule has 0 radical (unpaired) electrons. The van der Waals surface area contributed by atoms with E-state index in [0.29, 0.717) is 10.2 Å². The van der Waals surface area contributed by atoms with Crippen LogP contribution in [0.1, 0.15) is 20.8 Å². The van der Waals surface area contributed by atoms with Crippen molar-refractivity contribution in [1.29, 1.82) is 0 Å². The van der Waals surface area contributed by atoms with Crippen molar-refractivity contribution in [3.8, 4) is 0 Å². The van der Waals surface area contributed by atoms with E-state index in [1.807, 2.05) is 0 Å². The molecule has 0 atom stereocenters. The van der Waals surface area contributed by atoms with Crippen molar-refractivity contribution < 1.29 is 14.7 Å². The van der Waals surface area contributed by atoms with Crippen molar-refractivity contribution in [3.05, 3.63) is 52.3 Å². The Bertz CT molecular complexity index is 649. The van der Waals surface area contributed by atoms with Crippen LogP contribution in [0, 0.1) is 0 Å². The third kappa shape index (κ3) is 2.85. The number of aryl methyl sites for hydroxylation is 1. The van der Waals surface area contributed by atoms with Gasteiger partial charge in [-0.3, -0.25) is 4.79 Å². The molecule has 0 fully saturated rings. The number of rotatable bonds is 3. The first-order valence-electron chi connectivity index (χ1n) is 5.44. The fraction of sp³-hybridized carbons (Fsp3) is 0.0769. The Balaban J connectivity index is 2.32. The van der Waals surface area contributed by atoms with Crippen molar-refractivity contribution >= 4 is 33.5 Å². The molecular weight excluding hydrogens is 312 g/mol. The molecule has 1 aromatic heterocycles. The second-order valence-electron chi connectivity index (χ2n) is 3.95. The summed E-state index contributed by atoms with van der Waals surface area (Å²) in [5, 5.41) is 11.7. The highest BCUT2D eigenvalue weighted by atomic mass is 79.9. The zero-order chi connectivity index (χ0) is 14.0. The van der Waals surface area contributed by atoms with Gasteiger partial charge in [0, 0.05) is 17.7 Å². The lowest BCUT2D eigenvalue weighted by atomic mass is 10.2. The quantitative estimate of drug-likeness (QED) is 0.912. The molecule has 0 aliphatic heterocycles. The van der Waals surface area contributed by atoms with Crippen LogP contribution in [0.5, 0.6) is 0 Å². The molecule has 19 heavy (non-hydrogen) atoms. The first kappa shape index (κ1) is 13.4. The van der Waals surface area contributed by atoms with Crippen molar-refractivity contribution in [2.24, 2.45) is 7.05 Å². The lowest BCUT2D eigenvalue weighted by molar-refractivity contribution is 0.0698. The molecule has 98 valence electrons. The van der Waals surface area contributed by atoms with E-state index in [1.54, 1.807) is 42.1 Å². The molecule has 0 unspecified atom stereocenters. The minimum absolute atomic E-state index is 0.0388. The summed E-state index contributed by atoms with van der Waals surface area (Å²) in [6, 6.07) is 8.08. The van der Waals surface area contributed by atoms with Crippen molar-refractivity contribution in [2.75, 3.05) is 5.32 Å². The molecule has 2 N–H and O–H groups in total. The van der Waals surface area contributed by atoms with Crippen LogP contribution in [0.2, 0.25) is 0 Å². The molecule has 5 nitrogen and oxygen atoms in total. The number of carbonyl (C=O) groups is 2. The van der Waals surface area contributed by atoms with Crippen molar-refractivity contribution in [2.45, 2.75) is 0 Å². The predicted octanol–water partition coefficient (Wildman–Crippen LogP) is 2.74. The number of hydrogen-bond donors (Lipinski definition) is 2. The Morgan fingerprint density at radius 3 is 2.63 bits per heavy atom. The van der Waals surface area contributed by atoms with Gasteiger partial charge in [0.05, 0.1) is 11.3 Å². The van der Waals surface area contributed by atoms with E-state index in [0.717, 1.165) is 0 Å². The molecule has 1 aromatic carbocycles. The number of benzene rings is 1. The topological polar surface area (TPSA) is 71.3 Å². The Morgan fingerprint density at radius 1 is 1.32 bits per heavy atom. The van der Waals surface area contributed by atoms with Gasteiger partial charge in [-0.05, 0) is 30.3 Å². The number of aromatic carboxylic acids is 1. The Kier molecular flexibility index (Phi) is 3.71. The summed E-state index contributed by atoms with van der Waals surface area (Å²) in [4.78, 5) is 23.2. The highest BCUT2D eigenvalue weighted by Crippen LogP contribution is 2.21. The van der Waals surface area contributed by atoms with E-state index in [4.69, 9.17) is 5.11 Å². The second-order valence-corrected chi connectivity index (χ2v) is 4.87. The SMILES string of the molecule is Cn1cccc1C(=O)Nc1ccc(Br)cc1C(=O)O. The molecule has 0 saturated heterocycles. The van der Waals surface area contributed by atoms with Crippen LogP contribution < -0.4 is 5.32 Å². The molecule has 2 aromatic rings. The van der Waals surface area contributed by atoms with Crippen LogP contribution in [-0.4, -0.2) is 21.6 Å². The lowest BCUT2D eigenvalue weighted by Crippen LogP contribution is -2.17. The number of aromatic nitrogens is 1. The number of halogens is 1. The Hall–Kier alpha value is -2.08. The minimum Gasteiger partial charge on any atom is -0.478 e. The van der Waals surface area contributed by atoms with Crippen LogP contribution in [0.3, 0.4) is 0 Å². The first-order chi connectivity index (χ1) is 8.99. The highest BCUT2D eigenvalue weighted by molar-refractivity contribution is 9.10. The van der Waals surface area contributed by atoms with Gasteiger partial charge in [-0.2, -0.15) is 0 Å². The van der Waals surface area contributed by atoms with Crippen molar-refractivity contribution in [1.82, 2.24) is 4.57 Å². The lowest BCUT2D eigenvalue weighted by Gasteiger charge is -2.09. The molecule has 0 spiro atoms. The number of hydrogen-bond acceptors (Lipinski definition) is 2. The van der Waals surface area contributed by atoms with Crippen LogP contribution in [0.25, 0.3) is 0 Å². The van der Waals surface area contributed by atoms with E-state index in [-0.39, 0.29) is 17.2 Å². The standard InChI is InChI=1S/C13H11BrN2O3/c1-16-6-2-3-11(16)12(17)15-10-5-4-8(14)7-9(10)13(18)19/h2-7H,1H3,(H,15,17)(H,18,19). The second kappa shape index (κ2) is 5.27. The number of amides is 1. The van der Waals surface area contributed by atoms with Crippen LogP contribution in [0.4, 0.5) is 5.69 Å². The zero-order valence-corrected chi connectivity index (χ0v) is 11.6. The number of anilines is 1. The normalized spacial score (nSPS) is 10.2. The van der Waals surface area contributed by atoms with Crippen molar-refractivity contribution in [3.63, 3.8) is 0 Å². The van der Waals surface area contributed by atoms with Gasteiger partial charge in [-0.25, -0.2) is 4.79 Å². The van der Waals surface area contributed by atoms with Gasteiger partial charge in [-0.1, -0.05) is 15.9 Å². The molecule has 1 heterocycles. The van der Waals surface area contributed by atoms with Gasteiger partial charge >= 0.3 is 5.97 Å². The maximum absolute atomic E-state index is 12.0. The molecule has 0 aliphatic carbocycles. The Labute approximate surface area is 118 Å². The molecule has 0 saturated carbocycles. The predicted molar refractivity (Wildman–Crippen MR) is 74.5 cm³/mol. The third-order valence-corrected chi connectivity index (χ3v) is 3.13. The zero-order valence-electron chi connectivity index (χ0n) is 10.1. The molecular formula is C13H11BrN2O3. The minimum atomic E-state index is -1.09. The van der Waals surface area contributed by atoms with Crippen LogP contribution in [0.15, 0.2) is 41.0 Å². The fourth-order valence-electron chi connectivity index (χ4n) is 1.69. The van der Waals surface area contributed by atoms with E-state index < -0.39 is 5.97 Å². The maximum atomic E-state index is 12.0. The number of carbonyl (C=O) groups excluding carboxylic acids is 1. The molecule has 1 amide bonds. The summed E-state index contributed by atoms with van der Waals surface area (Å²) < 4.78 is 2.30. The van der Waals surface area contributed by atoms with E-state index in [1.165, 1.54) is 6.07 Å². The summed E-state index contributed by atoms with van der Waals surface area (Å²) in [7, 11) is 1.74. The number of nitrogens with one attached hydrogen (secondary N) is 1. The molecule has 2 rings (SSSR count). The van der Waals surface area contributed by atoms with Gasteiger partial charge in [0.1, 0.15) is 5.69 Å². The summed E-state index contributed by atoms with van der Waals surface area (Å²) >= 11 is 3.20. The summed E-state index contributed by atoms with van der Waals surface area (Å²) in [5.74, 6) is -1.44. The van der Waals surface area contributed by atoms with Gasteiger partial charge < -0.3 is 15.0 Å².